The van der Waals surface area contributed by atoms with Gasteiger partial charge in [-0.15, -0.1) is 0 Å². The molecule has 0 aromatic heterocycles. The third kappa shape index (κ3) is 31.8. The van der Waals surface area contributed by atoms with E-state index < -0.39 is 20.0 Å². The Labute approximate surface area is 279 Å². The molecule has 0 aromatic carbocycles. The lowest BCUT2D eigenvalue weighted by molar-refractivity contribution is -0.870. The predicted molar refractivity (Wildman–Crippen MR) is 187 cm³/mol. The molecule has 0 saturated carbocycles. The Morgan fingerprint density at radius 3 is 1.51 bits per heavy atom. The van der Waals surface area contributed by atoms with Crippen LogP contribution in [0.25, 0.3) is 0 Å². The highest BCUT2D eigenvalue weighted by atomic mass is 31.2. The van der Waals surface area contributed by atoms with Crippen molar-refractivity contribution in [2.45, 2.75) is 187 Å². The first-order valence-corrected chi connectivity index (χ1v) is 20.3. The molecule has 0 heterocycles. The number of unbranched alkanes of at least 4 members (excludes halogenated alkanes) is 21. The minimum atomic E-state index is -4.54. The first kappa shape index (κ1) is 44.5. The molecule has 3 atom stereocenters. The van der Waals surface area contributed by atoms with Crippen LogP contribution in [0.1, 0.15) is 174 Å². The highest BCUT2D eigenvalue weighted by Gasteiger charge is 2.24. The lowest BCUT2D eigenvalue weighted by atomic mass is 10.0. The average molecular weight is 663 g/mol. The third-order valence-corrected chi connectivity index (χ3v) is 9.56. The number of hydrogen-bond acceptors (Lipinski definition) is 6. The molecule has 270 valence electrons. The Morgan fingerprint density at radius 2 is 1.09 bits per heavy atom. The molecule has 0 aliphatic carbocycles. The number of nitrogens with zero attached hydrogens (tertiary/aromatic N) is 1. The molecule has 9 heteroatoms. The number of likely N-dealkylation sites (N-methyl/N-ethyl adjacent to an activating group) is 1. The van der Waals surface area contributed by atoms with Crippen molar-refractivity contribution in [1.82, 2.24) is 5.32 Å². The van der Waals surface area contributed by atoms with Crippen LogP contribution in [0.15, 0.2) is 0 Å². The van der Waals surface area contributed by atoms with Crippen LogP contribution in [0.4, 0.5) is 0 Å². The number of hydrogen-bond donors (Lipinski definition) is 2. The standard InChI is InChI=1S/C36H75N2O6P/c1-6-8-10-12-14-15-16-17-18-19-20-21-22-23-24-25-27-29-35(39)34(37-36(40)30-28-26-13-11-9-7-2)33-44-45(41,42)43-32-31-38(3,4)5/h34-35,39H,6-33H2,1-5H3,(H-,37,40,41,42). The van der Waals surface area contributed by atoms with Gasteiger partial charge in [0, 0.05) is 6.42 Å². The van der Waals surface area contributed by atoms with Crippen molar-refractivity contribution in [3.05, 3.63) is 0 Å². The van der Waals surface area contributed by atoms with Gasteiger partial charge in [0.25, 0.3) is 7.82 Å². The van der Waals surface area contributed by atoms with Crippen LogP contribution in [-0.4, -0.2) is 68.5 Å². The second-order valence-electron chi connectivity index (χ2n) is 14.3. The van der Waals surface area contributed by atoms with Crippen LogP contribution >= 0.6 is 7.82 Å². The molecule has 0 spiro atoms. The lowest BCUT2D eigenvalue weighted by Crippen LogP contribution is -2.46. The van der Waals surface area contributed by atoms with Crippen LogP contribution in [0.3, 0.4) is 0 Å². The number of carbonyl (C=O) groups is 1. The Bertz CT molecular complexity index is 718. The molecule has 0 aliphatic rings. The van der Waals surface area contributed by atoms with Crippen molar-refractivity contribution in [2.75, 3.05) is 40.9 Å². The van der Waals surface area contributed by atoms with Crippen LogP contribution in [-0.2, 0) is 18.4 Å². The largest absolute Gasteiger partial charge is 0.756 e. The molecule has 1 amide bonds. The third-order valence-electron chi connectivity index (χ3n) is 8.60. The topological polar surface area (TPSA) is 108 Å². The number of amides is 1. The molecule has 0 aromatic rings. The van der Waals surface area contributed by atoms with Crippen LogP contribution in [0.5, 0.6) is 0 Å². The number of rotatable bonds is 34. The quantitative estimate of drug-likeness (QED) is 0.0405. The number of aliphatic hydroxyl groups excluding tert-OH is 1. The highest BCUT2D eigenvalue weighted by Crippen LogP contribution is 2.38. The number of quaternary nitrogens is 1. The van der Waals surface area contributed by atoms with E-state index in [-0.39, 0.29) is 19.1 Å². The van der Waals surface area contributed by atoms with Gasteiger partial charge in [-0.2, -0.15) is 0 Å². The highest BCUT2D eigenvalue weighted by molar-refractivity contribution is 7.45. The second-order valence-corrected chi connectivity index (χ2v) is 15.7. The normalized spacial score (nSPS) is 14.7. The van der Waals surface area contributed by atoms with Crippen molar-refractivity contribution in [3.8, 4) is 0 Å². The maximum atomic E-state index is 12.6. The maximum absolute atomic E-state index is 12.6. The Kier molecular flexibility index (Phi) is 29.3. The molecule has 0 bridgehead atoms. The van der Waals surface area contributed by atoms with Gasteiger partial charge < -0.3 is 28.8 Å². The van der Waals surface area contributed by atoms with E-state index >= 15 is 0 Å². The van der Waals surface area contributed by atoms with Crippen molar-refractivity contribution in [2.24, 2.45) is 0 Å². The zero-order valence-corrected chi connectivity index (χ0v) is 31.2. The SMILES string of the molecule is CCCCCCCCCCCCCCCCCCCC(O)C(COP(=O)([O-])OCC[N+](C)(C)C)NC(=O)CCCCCCCC. The first-order chi connectivity index (χ1) is 21.5. The second kappa shape index (κ2) is 29.6. The molecule has 3 unspecified atom stereocenters. The Morgan fingerprint density at radius 1 is 0.689 bits per heavy atom. The van der Waals surface area contributed by atoms with E-state index in [1.54, 1.807) is 0 Å². The minimum absolute atomic E-state index is 0.0150. The number of phosphoric acid groups is 1. The van der Waals surface area contributed by atoms with E-state index in [1.807, 2.05) is 21.1 Å². The number of phosphoric ester groups is 1. The average Bonchev–Trinajstić information content (AvgIpc) is 2.97. The van der Waals surface area contributed by atoms with Gasteiger partial charge in [0.1, 0.15) is 13.2 Å². The molecule has 8 nitrogen and oxygen atoms in total. The van der Waals surface area contributed by atoms with Gasteiger partial charge >= 0.3 is 0 Å². The van der Waals surface area contributed by atoms with E-state index in [1.165, 1.54) is 109 Å². The maximum Gasteiger partial charge on any atom is 0.268 e. The monoisotopic (exact) mass is 663 g/mol. The van der Waals surface area contributed by atoms with Crippen molar-refractivity contribution in [1.29, 1.82) is 0 Å². The zero-order chi connectivity index (χ0) is 33.7. The van der Waals surface area contributed by atoms with Gasteiger partial charge in [-0.25, -0.2) is 0 Å². The summed E-state index contributed by atoms with van der Waals surface area (Å²) in [6.07, 6.45) is 28.4. The summed E-state index contributed by atoms with van der Waals surface area (Å²) in [5.41, 5.74) is 0. The molecule has 0 fully saturated rings. The smallest absolute Gasteiger partial charge is 0.268 e. The van der Waals surface area contributed by atoms with Crippen molar-refractivity contribution in [3.63, 3.8) is 0 Å². The molecule has 0 aliphatic heterocycles. The van der Waals surface area contributed by atoms with E-state index in [9.17, 15) is 19.4 Å². The summed E-state index contributed by atoms with van der Waals surface area (Å²) in [5.74, 6) is -0.174. The summed E-state index contributed by atoms with van der Waals surface area (Å²) in [6, 6.07) is -0.789. The van der Waals surface area contributed by atoms with E-state index in [4.69, 9.17) is 9.05 Å². The summed E-state index contributed by atoms with van der Waals surface area (Å²) < 4.78 is 23.0. The number of carbonyl (C=O) groups excluding carboxylic acids is 1. The summed E-state index contributed by atoms with van der Waals surface area (Å²) in [5, 5.41) is 13.7. The van der Waals surface area contributed by atoms with E-state index in [0.717, 1.165) is 38.5 Å². The molecule has 45 heavy (non-hydrogen) atoms. The van der Waals surface area contributed by atoms with E-state index in [0.29, 0.717) is 23.9 Å². The Balaban J connectivity index is 4.29. The van der Waals surface area contributed by atoms with Gasteiger partial charge in [-0.1, -0.05) is 155 Å². The summed E-state index contributed by atoms with van der Waals surface area (Å²) in [7, 11) is 1.31. The van der Waals surface area contributed by atoms with Gasteiger partial charge in [0.05, 0.1) is 39.9 Å². The number of aliphatic hydroxyl groups is 1. The van der Waals surface area contributed by atoms with E-state index in [2.05, 4.69) is 19.2 Å². The summed E-state index contributed by atoms with van der Waals surface area (Å²) >= 11 is 0. The molecule has 0 radical (unpaired) electrons. The minimum Gasteiger partial charge on any atom is -0.756 e. The van der Waals surface area contributed by atoms with Gasteiger partial charge in [-0.05, 0) is 12.8 Å². The fraction of sp³-hybridized carbons (Fsp3) is 0.972. The Hall–Kier alpha value is -0.500. The van der Waals surface area contributed by atoms with Crippen LogP contribution in [0, 0.1) is 0 Å². The van der Waals surface area contributed by atoms with Crippen LogP contribution in [0.2, 0.25) is 0 Å². The molecule has 0 saturated heterocycles. The summed E-state index contributed by atoms with van der Waals surface area (Å²) in [4.78, 5) is 25.0. The molecule has 2 N–H and O–H groups in total. The zero-order valence-electron chi connectivity index (χ0n) is 30.3. The van der Waals surface area contributed by atoms with Crippen molar-refractivity contribution < 1.29 is 32.9 Å². The van der Waals surface area contributed by atoms with Crippen LogP contribution < -0.4 is 10.2 Å². The van der Waals surface area contributed by atoms with Crippen molar-refractivity contribution >= 4 is 13.7 Å². The fourth-order valence-electron chi connectivity index (χ4n) is 5.51. The van der Waals surface area contributed by atoms with Gasteiger partial charge in [0.2, 0.25) is 5.91 Å². The van der Waals surface area contributed by atoms with Gasteiger partial charge in [0.15, 0.2) is 0 Å². The number of nitrogens with one attached hydrogen (secondary N) is 1. The molecular formula is C36H75N2O6P. The lowest BCUT2D eigenvalue weighted by Gasteiger charge is -2.30. The predicted octanol–water partition coefficient (Wildman–Crippen LogP) is 8.83. The molecule has 0 rings (SSSR count). The van der Waals surface area contributed by atoms with Gasteiger partial charge in [-0.3, -0.25) is 9.36 Å². The summed E-state index contributed by atoms with van der Waals surface area (Å²) in [6.45, 7) is 4.65. The first-order valence-electron chi connectivity index (χ1n) is 18.9. The fourth-order valence-corrected chi connectivity index (χ4v) is 6.23. The molecular weight excluding hydrogens is 587 g/mol.